The number of benzene rings is 1. The second kappa shape index (κ2) is 7.95. The van der Waals surface area contributed by atoms with E-state index in [-0.39, 0.29) is 11.9 Å². The molecule has 1 amide bonds. The topological polar surface area (TPSA) is 62.2 Å². The Kier molecular flexibility index (Phi) is 5.20. The first-order valence-corrected chi connectivity index (χ1v) is 9.56. The van der Waals surface area contributed by atoms with Crippen LogP contribution < -0.4 is 4.90 Å². The summed E-state index contributed by atoms with van der Waals surface area (Å²) in [5.41, 5.74) is 2.98. The summed E-state index contributed by atoms with van der Waals surface area (Å²) in [5.74, 6) is -0.0124. The highest BCUT2D eigenvalue weighted by Crippen LogP contribution is 2.37. The summed E-state index contributed by atoms with van der Waals surface area (Å²) in [5, 5.41) is 0. The second-order valence-corrected chi connectivity index (χ2v) is 7.27. The minimum Gasteiger partial charge on any atom is -0.347 e. The molecule has 29 heavy (non-hydrogen) atoms. The Morgan fingerprint density at radius 3 is 2.72 bits per heavy atom. The van der Waals surface area contributed by atoms with Crippen LogP contribution in [0.5, 0.6) is 0 Å². The van der Waals surface area contributed by atoms with Crippen molar-refractivity contribution in [3.05, 3.63) is 72.1 Å². The molecule has 1 atom stereocenters. The maximum atomic E-state index is 13.7. The van der Waals surface area contributed by atoms with Gasteiger partial charge in [-0.1, -0.05) is 6.07 Å². The number of amides is 1. The van der Waals surface area contributed by atoms with Crippen molar-refractivity contribution in [3.8, 4) is 11.1 Å². The third-order valence-electron chi connectivity index (χ3n) is 5.10. The predicted octanol–water partition coefficient (Wildman–Crippen LogP) is 3.72. The molecule has 1 fully saturated rings. The third kappa shape index (κ3) is 3.81. The van der Waals surface area contributed by atoms with Gasteiger partial charge in [-0.3, -0.25) is 9.78 Å². The van der Waals surface area contributed by atoms with Gasteiger partial charge in [0.15, 0.2) is 0 Å². The zero-order chi connectivity index (χ0) is 20.4. The van der Waals surface area contributed by atoms with Crippen LogP contribution in [-0.4, -0.2) is 46.4 Å². The first-order chi connectivity index (χ1) is 14.0. The molecule has 7 heteroatoms. The van der Waals surface area contributed by atoms with E-state index in [1.165, 1.54) is 12.1 Å². The van der Waals surface area contributed by atoms with E-state index < -0.39 is 5.82 Å². The van der Waals surface area contributed by atoms with Crippen molar-refractivity contribution in [3.63, 3.8) is 0 Å². The maximum absolute atomic E-state index is 13.7. The van der Waals surface area contributed by atoms with Gasteiger partial charge in [-0.15, -0.1) is 0 Å². The Morgan fingerprint density at radius 2 is 2.00 bits per heavy atom. The molecule has 0 spiro atoms. The van der Waals surface area contributed by atoms with Crippen LogP contribution in [0.3, 0.4) is 0 Å². The van der Waals surface area contributed by atoms with Crippen molar-refractivity contribution in [2.75, 3.05) is 25.5 Å². The summed E-state index contributed by atoms with van der Waals surface area (Å²) >= 11 is 0. The predicted molar refractivity (Wildman–Crippen MR) is 109 cm³/mol. The lowest BCUT2D eigenvalue weighted by molar-refractivity contribution is 0.0733. The van der Waals surface area contributed by atoms with Crippen molar-refractivity contribution >= 4 is 11.9 Å². The molecule has 3 aromatic rings. The number of hydrogen-bond donors (Lipinski definition) is 0. The molecular formula is C22H22FN5O. The lowest BCUT2D eigenvalue weighted by atomic mass is 10.0. The number of carbonyl (C=O) groups is 1. The maximum Gasteiger partial charge on any atom is 0.254 e. The molecule has 1 aliphatic heterocycles. The largest absolute Gasteiger partial charge is 0.347 e. The highest BCUT2D eigenvalue weighted by molar-refractivity contribution is 5.94. The fourth-order valence-electron chi connectivity index (χ4n) is 3.69. The van der Waals surface area contributed by atoms with Gasteiger partial charge in [-0.2, -0.15) is 0 Å². The van der Waals surface area contributed by atoms with E-state index >= 15 is 0 Å². The quantitative estimate of drug-likeness (QED) is 0.678. The summed E-state index contributed by atoms with van der Waals surface area (Å²) in [4.78, 5) is 30.1. The standard InChI is InChI=1S/C22H22FN5O/c1-27(2)22-25-14-18(15-8-10-24-11-9-15)20(26-22)19-7-4-12-28(19)21(29)16-5-3-6-17(23)13-16/h3,5-6,8-11,13-14,19H,4,7,12H2,1-2H3/t19-/m0/s1. The fourth-order valence-corrected chi connectivity index (χ4v) is 3.69. The summed E-state index contributed by atoms with van der Waals surface area (Å²) in [7, 11) is 3.77. The van der Waals surface area contributed by atoms with Crippen molar-refractivity contribution in [2.45, 2.75) is 18.9 Å². The monoisotopic (exact) mass is 391 g/mol. The third-order valence-corrected chi connectivity index (χ3v) is 5.10. The van der Waals surface area contributed by atoms with Gasteiger partial charge in [0, 0.05) is 50.4 Å². The average molecular weight is 391 g/mol. The lowest BCUT2D eigenvalue weighted by Crippen LogP contribution is -2.31. The van der Waals surface area contributed by atoms with E-state index in [0.29, 0.717) is 18.1 Å². The fraction of sp³-hybridized carbons (Fsp3) is 0.273. The average Bonchev–Trinajstić information content (AvgIpc) is 3.23. The Labute approximate surface area is 169 Å². The van der Waals surface area contributed by atoms with Crippen molar-refractivity contribution in [1.82, 2.24) is 19.9 Å². The van der Waals surface area contributed by atoms with Gasteiger partial charge in [0.1, 0.15) is 5.82 Å². The minimum atomic E-state index is -0.416. The first kappa shape index (κ1) is 19.0. The molecule has 0 aliphatic carbocycles. The van der Waals surface area contributed by atoms with Crippen LogP contribution in [0.15, 0.2) is 55.0 Å². The number of likely N-dealkylation sites (tertiary alicyclic amines) is 1. The minimum absolute atomic E-state index is 0.183. The SMILES string of the molecule is CN(C)c1ncc(-c2ccncc2)c([C@@H]2CCCN2C(=O)c2cccc(F)c2)n1. The Bertz CT molecular complexity index is 1020. The number of nitrogens with zero attached hydrogens (tertiary/aromatic N) is 5. The van der Waals surface area contributed by atoms with E-state index in [2.05, 4.69) is 9.97 Å². The van der Waals surface area contributed by atoms with Crippen LogP contribution in [0.2, 0.25) is 0 Å². The van der Waals surface area contributed by atoms with Gasteiger partial charge in [-0.05, 0) is 48.7 Å². The number of carbonyl (C=O) groups excluding carboxylic acids is 1. The summed E-state index contributed by atoms with van der Waals surface area (Å²) < 4.78 is 13.7. The molecule has 1 aliphatic rings. The molecule has 0 bridgehead atoms. The van der Waals surface area contributed by atoms with Crippen LogP contribution in [-0.2, 0) is 0 Å². The van der Waals surface area contributed by atoms with Gasteiger partial charge < -0.3 is 9.80 Å². The van der Waals surface area contributed by atoms with Gasteiger partial charge >= 0.3 is 0 Å². The molecular weight excluding hydrogens is 369 g/mol. The molecule has 1 aromatic carbocycles. The number of hydrogen-bond acceptors (Lipinski definition) is 5. The molecule has 1 saturated heterocycles. The number of rotatable bonds is 4. The summed E-state index contributed by atoms with van der Waals surface area (Å²) in [6.45, 7) is 0.608. The zero-order valence-electron chi connectivity index (χ0n) is 16.4. The molecule has 4 rings (SSSR count). The van der Waals surface area contributed by atoms with Crippen LogP contribution in [0.4, 0.5) is 10.3 Å². The van der Waals surface area contributed by atoms with E-state index in [4.69, 9.17) is 4.98 Å². The van der Waals surface area contributed by atoms with E-state index in [0.717, 1.165) is 29.7 Å². The summed E-state index contributed by atoms with van der Waals surface area (Å²) in [6, 6.07) is 9.45. The van der Waals surface area contributed by atoms with Crippen LogP contribution >= 0.6 is 0 Å². The Balaban J connectivity index is 1.77. The van der Waals surface area contributed by atoms with Crippen molar-refractivity contribution in [2.24, 2.45) is 0 Å². The normalized spacial score (nSPS) is 16.1. The van der Waals surface area contributed by atoms with Crippen LogP contribution in [0, 0.1) is 5.82 Å². The highest BCUT2D eigenvalue weighted by atomic mass is 19.1. The van der Waals surface area contributed by atoms with Crippen molar-refractivity contribution < 1.29 is 9.18 Å². The van der Waals surface area contributed by atoms with Gasteiger partial charge in [0.2, 0.25) is 5.95 Å². The summed E-state index contributed by atoms with van der Waals surface area (Å²) in [6.07, 6.45) is 6.91. The van der Waals surface area contributed by atoms with Crippen molar-refractivity contribution in [1.29, 1.82) is 0 Å². The molecule has 148 valence electrons. The molecule has 0 saturated carbocycles. The van der Waals surface area contributed by atoms with E-state index in [9.17, 15) is 9.18 Å². The highest BCUT2D eigenvalue weighted by Gasteiger charge is 2.34. The van der Waals surface area contributed by atoms with Crippen LogP contribution in [0.25, 0.3) is 11.1 Å². The van der Waals surface area contributed by atoms with E-state index in [1.807, 2.05) is 31.1 Å². The Morgan fingerprint density at radius 1 is 1.21 bits per heavy atom. The molecule has 6 nitrogen and oxygen atoms in total. The van der Waals surface area contributed by atoms with Gasteiger partial charge in [0.25, 0.3) is 5.91 Å². The molecule has 0 unspecified atom stereocenters. The first-order valence-electron chi connectivity index (χ1n) is 9.56. The molecule has 3 heterocycles. The number of aromatic nitrogens is 3. The lowest BCUT2D eigenvalue weighted by Gasteiger charge is -2.27. The number of pyridine rings is 1. The molecule has 0 N–H and O–H groups in total. The smallest absolute Gasteiger partial charge is 0.254 e. The van der Waals surface area contributed by atoms with Gasteiger partial charge in [0.05, 0.1) is 11.7 Å². The number of halogens is 1. The van der Waals surface area contributed by atoms with Crippen LogP contribution in [0.1, 0.15) is 34.9 Å². The van der Waals surface area contributed by atoms with E-state index in [1.54, 1.807) is 35.6 Å². The van der Waals surface area contributed by atoms with Gasteiger partial charge in [-0.25, -0.2) is 14.4 Å². The Hall–Kier alpha value is -3.35. The second-order valence-electron chi connectivity index (χ2n) is 7.27. The zero-order valence-corrected chi connectivity index (χ0v) is 16.4. The molecule has 2 aromatic heterocycles. The number of anilines is 1. The molecule has 0 radical (unpaired) electrons.